The number of aliphatic carboxylic acids is 1. The van der Waals surface area contributed by atoms with Gasteiger partial charge in [0.05, 0.1) is 16.8 Å². The lowest BCUT2D eigenvalue weighted by atomic mass is 10.1. The van der Waals surface area contributed by atoms with Crippen LogP contribution in [0.15, 0.2) is 84.9 Å². The number of benzene rings is 3. The van der Waals surface area contributed by atoms with Gasteiger partial charge in [0, 0.05) is 11.5 Å². The average Bonchev–Trinajstić information content (AvgIpc) is 2.85. The van der Waals surface area contributed by atoms with E-state index in [2.05, 4.69) is 4.98 Å². The highest BCUT2D eigenvalue weighted by molar-refractivity contribution is 6.08. The van der Waals surface area contributed by atoms with Crippen LogP contribution in [0.1, 0.15) is 27.2 Å². The maximum absolute atomic E-state index is 12.5. The van der Waals surface area contributed by atoms with Crippen LogP contribution in [0.4, 0.5) is 0 Å². The Kier molecular flexibility index (Phi) is 6.79. The number of rotatable bonds is 8. The molecule has 0 aliphatic rings. The fourth-order valence-corrected chi connectivity index (χ4v) is 3.34. The minimum atomic E-state index is -1.13. The Labute approximate surface area is 196 Å². The number of ketones is 1. The van der Waals surface area contributed by atoms with Gasteiger partial charge in [-0.2, -0.15) is 0 Å². The smallest absolute Gasteiger partial charge is 0.341 e. The van der Waals surface area contributed by atoms with Gasteiger partial charge in [-0.3, -0.25) is 4.79 Å². The van der Waals surface area contributed by atoms with E-state index in [1.807, 2.05) is 72.8 Å². The van der Waals surface area contributed by atoms with Crippen molar-refractivity contribution in [1.82, 2.24) is 4.98 Å². The van der Waals surface area contributed by atoms with Gasteiger partial charge in [0.15, 0.2) is 12.4 Å². The van der Waals surface area contributed by atoms with Crippen molar-refractivity contribution in [3.8, 4) is 11.5 Å². The second-order valence-electron chi connectivity index (χ2n) is 7.49. The zero-order chi connectivity index (χ0) is 23.9. The molecule has 0 saturated carbocycles. The van der Waals surface area contributed by atoms with E-state index in [-0.39, 0.29) is 22.8 Å². The highest BCUT2D eigenvalue weighted by Gasteiger charge is 2.10. The number of fused-ring (bicyclic) bond motifs is 1. The van der Waals surface area contributed by atoms with Crippen LogP contribution in [0.3, 0.4) is 0 Å². The summed E-state index contributed by atoms with van der Waals surface area (Å²) in [6.07, 6.45) is 6.94. The van der Waals surface area contributed by atoms with E-state index in [0.717, 1.165) is 27.7 Å². The number of hydrogen-bond donors (Lipinski definition) is 2. The van der Waals surface area contributed by atoms with E-state index >= 15 is 0 Å². The molecule has 0 fully saturated rings. The predicted molar refractivity (Wildman–Crippen MR) is 132 cm³/mol. The van der Waals surface area contributed by atoms with E-state index < -0.39 is 12.6 Å². The van der Waals surface area contributed by atoms with Crippen molar-refractivity contribution < 1.29 is 24.5 Å². The van der Waals surface area contributed by atoms with Crippen molar-refractivity contribution >= 4 is 40.9 Å². The summed E-state index contributed by atoms with van der Waals surface area (Å²) >= 11 is 0. The summed E-state index contributed by atoms with van der Waals surface area (Å²) in [5.74, 6) is -1.63. The Hall–Kier alpha value is -4.71. The lowest BCUT2D eigenvalue weighted by molar-refractivity contribution is -0.139. The molecule has 0 radical (unpaired) electrons. The molecule has 34 heavy (non-hydrogen) atoms. The monoisotopic (exact) mass is 451 g/mol. The van der Waals surface area contributed by atoms with Crippen LogP contribution in [-0.2, 0) is 4.79 Å². The number of carboxylic acids is 1. The lowest BCUT2D eigenvalue weighted by Crippen LogP contribution is -2.09. The predicted octanol–water partition coefficient (Wildman–Crippen LogP) is 5.47. The number of aromatic nitrogens is 1. The third-order valence-corrected chi connectivity index (χ3v) is 5.00. The Morgan fingerprint density at radius 1 is 0.853 bits per heavy atom. The number of allylic oxidation sites excluding steroid dienone is 1. The standard InChI is InChI=1S/C28H21NO5/c30-26(24-14-13-23(17-27(24)31)34-18-28(32)33)15-9-20-5-3-4-19(16-20)8-11-22-12-10-21-6-1-2-7-25(21)29-22/h1-17,31H,18H2,(H,32,33)/b11-8+,15-9+. The van der Waals surface area contributed by atoms with Gasteiger partial charge >= 0.3 is 5.97 Å². The van der Waals surface area contributed by atoms with Gasteiger partial charge in [-0.1, -0.05) is 54.6 Å². The van der Waals surface area contributed by atoms with Crippen molar-refractivity contribution in [3.05, 3.63) is 107 Å². The Bertz CT molecular complexity index is 1420. The third-order valence-electron chi connectivity index (χ3n) is 5.00. The van der Waals surface area contributed by atoms with Gasteiger partial charge in [-0.05, 0) is 53.6 Å². The fraction of sp³-hybridized carbons (Fsp3) is 0.0357. The molecule has 3 aromatic carbocycles. The number of pyridine rings is 1. The maximum Gasteiger partial charge on any atom is 0.341 e. The number of nitrogens with zero attached hydrogens (tertiary/aromatic N) is 1. The van der Waals surface area contributed by atoms with Crippen LogP contribution in [0, 0.1) is 0 Å². The topological polar surface area (TPSA) is 96.7 Å². The molecule has 0 atom stereocenters. The van der Waals surface area contributed by atoms with E-state index in [1.54, 1.807) is 6.08 Å². The molecule has 0 aliphatic carbocycles. The second kappa shape index (κ2) is 10.3. The molecule has 2 N–H and O–H groups in total. The fourth-order valence-electron chi connectivity index (χ4n) is 3.34. The zero-order valence-electron chi connectivity index (χ0n) is 18.1. The van der Waals surface area contributed by atoms with Gasteiger partial charge in [0.2, 0.25) is 0 Å². The third kappa shape index (κ3) is 5.75. The molecule has 4 rings (SSSR count). The summed E-state index contributed by atoms with van der Waals surface area (Å²) in [7, 11) is 0. The first-order valence-corrected chi connectivity index (χ1v) is 10.5. The van der Waals surface area contributed by atoms with Crippen molar-refractivity contribution in [1.29, 1.82) is 0 Å². The average molecular weight is 451 g/mol. The summed E-state index contributed by atoms with van der Waals surface area (Å²) < 4.78 is 5.00. The molecule has 0 saturated heterocycles. The number of carboxylic acid groups (broad SMARTS) is 1. The highest BCUT2D eigenvalue weighted by atomic mass is 16.5. The first-order valence-electron chi connectivity index (χ1n) is 10.5. The Morgan fingerprint density at radius 3 is 2.44 bits per heavy atom. The number of para-hydroxylation sites is 1. The molecule has 6 nitrogen and oxygen atoms in total. The second-order valence-corrected chi connectivity index (χ2v) is 7.49. The molecule has 0 spiro atoms. The number of aromatic hydroxyl groups is 1. The Morgan fingerprint density at radius 2 is 1.65 bits per heavy atom. The number of phenolic OH excluding ortho intramolecular Hbond substituents is 1. The normalized spacial score (nSPS) is 11.3. The zero-order valence-corrected chi connectivity index (χ0v) is 18.1. The number of carbonyl (C=O) groups excluding carboxylic acids is 1. The highest BCUT2D eigenvalue weighted by Crippen LogP contribution is 2.24. The molecule has 0 bridgehead atoms. The molecule has 0 amide bonds. The number of ether oxygens (including phenoxy) is 1. The molecule has 1 aromatic heterocycles. The van der Waals surface area contributed by atoms with Crippen LogP contribution in [-0.4, -0.2) is 33.6 Å². The molecule has 4 aromatic rings. The van der Waals surface area contributed by atoms with Crippen LogP contribution < -0.4 is 4.74 Å². The molecular weight excluding hydrogens is 430 g/mol. The summed E-state index contributed by atoms with van der Waals surface area (Å²) in [6.45, 7) is -0.533. The minimum absolute atomic E-state index is 0.0948. The quantitative estimate of drug-likeness (QED) is 0.272. The first kappa shape index (κ1) is 22.5. The molecule has 6 heteroatoms. The van der Waals surface area contributed by atoms with E-state index in [0.29, 0.717) is 0 Å². The summed E-state index contributed by atoms with van der Waals surface area (Å²) in [4.78, 5) is 27.7. The molecular formula is C28H21NO5. The molecule has 0 aliphatic heterocycles. The number of carbonyl (C=O) groups is 2. The van der Waals surface area contributed by atoms with Crippen LogP contribution in [0.5, 0.6) is 11.5 Å². The molecule has 1 heterocycles. The van der Waals surface area contributed by atoms with E-state index in [9.17, 15) is 14.7 Å². The minimum Gasteiger partial charge on any atom is -0.507 e. The maximum atomic E-state index is 12.5. The van der Waals surface area contributed by atoms with Crippen molar-refractivity contribution in [2.45, 2.75) is 0 Å². The van der Waals surface area contributed by atoms with Gasteiger partial charge < -0.3 is 14.9 Å². The molecule has 168 valence electrons. The van der Waals surface area contributed by atoms with Crippen molar-refractivity contribution in [2.75, 3.05) is 6.61 Å². The van der Waals surface area contributed by atoms with Crippen molar-refractivity contribution in [2.24, 2.45) is 0 Å². The number of phenols is 1. The summed E-state index contributed by atoms with van der Waals surface area (Å²) in [6, 6.07) is 23.7. The number of hydrogen-bond acceptors (Lipinski definition) is 5. The van der Waals surface area contributed by atoms with E-state index in [1.165, 1.54) is 24.3 Å². The first-order chi connectivity index (χ1) is 16.5. The summed E-state index contributed by atoms with van der Waals surface area (Å²) in [5, 5.41) is 19.9. The largest absolute Gasteiger partial charge is 0.507 e. The van der Waals surface area contributed by atoms with Crippen LogP contribution in [0.25, 0.3) is 29.1 Å². The van der Waals surface area contributed by atoms with Crippen LogP contribution in [0.2, 0.25) is 0 Å². The van der Waals surface area contributed by atoms with Crippen molar-refractivity contribution in [3.63, 3.8) is 0 Å². The van der Waals surface area contributed by atoms with Gasteiger partial charge in [-0.25, -0.2) is 9.78 Å². The SMILES string of the molecule is O=C(O)COc1ccc(C(=O)/C=C/c2cccc(/C=C/c3ccc4ccccc4n3)c2)c(O)c1. The molecule has 0 unspecified atom stereocenters. The lowest BCUT2D eigenvalue weighted by Gasteiger charge is -2.06. The summed E-state index contributed by atoms with van der Waals surface area (Å²) in [5.41, 5.74) is 3.65. The van der Waals surface area contributed by atoms with Gasteiger partial charge in [0.25, 0.3) is 0 Å². The van der Waals surface area contributed by atoms with E-state index in [4.69, 9.17) is 9.84 Å². The van der Waals surface area contributed by atoms with Crippen LogP contribution >= 0.6 is 0 Å². The van der Waals surface area contributed by atoms with Gasteiger partial charge in [0.1, 0.15) is 11.5 Å². The van der Waals surface area contributed by atoms with Gasteiger partial charge in [-0.15, -0.1) is 0 Å². The Balaban J connectivity index is 1.45.